The molecule has 8 nitrogen and oxygen atoms in total. The van der Waals surface area contributed by atoms with Gasteiger partial charge < -0.3 is 18.6 Å². The number of methoxy groups -OCH3 is 2. The lowest BCUT2D eigenvalue weighted by Gasteiger charge is -2.14. The zero-order valence-electron chi connectivity index (χ0n) is 19.4. The van der Waals surface area contributed by atoms with Crippen LogP contribution in [0.5, 0.6) is 11.5 Å². The number of furan rings is 1. The lowest BCUT2D eigenvalue weighted by Crippen LogP contribution is -2.27. The van der Waals surface area contributed by atoms with Crippen molar-refractivity contribution in [1.82, 2.24) is 4.90 Å². The molecule has 1 aliphatic heterocycles. The maximum atomic E-state index is 13.0. The number of nitrogens with zero attached hydrogens (tertiary/aromatic N) is 1. The van der Waals surface area contributed by atoms with Crippen LogP contribution in [0, 0.1) is 0 Å². The van der Waals surface area contributed by atoms with Crippen molar-refractivity contribution >= 4 is 74.1 Å². The van der Waals surface area contributed by atoms with Gasteiger partial charge in [-0.25, -0.2) is 4.79 Å². The number of benzene rings is 2. The molecule has 2 aromatic carbocycles. The molecule has 0 unspecified atom stereocenters. The SMILES string of the molecule is COC(=O)c1ccc(CN2C(=O)S/C(=C/c3cc(OC)c(OCc4ccc(Cl)cc4Cl)cc3Br)C2=O)o1. The summed E-state index contributed by atoms with van der Waals surface area (Å²) < 4.78 is 22.0. The molecule has 1 fully saturated rings. The number of rotatable bonds is 8. The average Bonchev–Trinajstić information content (AvgIpc) is 3.44. The van der Waals surface area contributed by atoms with Crippen LogP contribution in [0.3, 0.4) is 0 Å². The first-order valence-corrected chi connectivity index (χ1v) is 12.9. The van der Waals surface area contributed by atoms with E-state index in [2.05, 4.69) is 20.7 Å². The zero-order chi connectivity index (χ0) is 26.7. The summed E-state index contributed by atoms with van der Waals surface area (Å²) in [6, 6.07) is 11.5. The number of carbonyl (C=O) groups is 3. The van der Waals surface area contributed by atoms with E-state index in [0.29, 0.717) is 31.6 Å². The van der Waals surface area contributed by atoms with Gasteiger partial charge in [0.25, 0.3) is 11.1 Å². The van der Waals surface area contributed by atoms with Crippen LogP contribution < -0.4 is 9.47 Å². The fourth-order valence-electron chi connectivity index (χ4n) is 3.33. The molecule has 3 aromatic rings. The number of thioether (sulfide) groups is 1. The molecule has 1 aromatic heterocycles. The van der Waals surface area contributed by atoms with E-state index in [4.69, 9.17) is 37.1 Å². The van der Waals surface area contributed by atoms with Crippen molar-refractivity contribution in [1.29, 1.82) is 0 Å². The second-order valence-electron chi connectivity index (χ2n) is 7.57. The summed E-state index contributed by atoms with van der Waals surface area (Å²) in [6.07, 6.45) is 1.58. The summed E-state index contributed by atoms with van der Waals surface area (Å²) in [5, 5.41) is 0.544. The third-order valence-corrected chi connectivity index (χ3v) is 7.38. The Labute approximate surface area is 234 Å². The molecule has 2 heterocycles. The first kappa shape index (κ1) is 27.1. The molecular formula is C25H18BrCl2NO7S. The summed E-state index contributed by atoms with van der Waals surface area (Å²) in [5.41, 5.74) is 1.35. The van der Waals surface area contributed by atoms with Crippen molar-refractivity contribution in [2.45, 2.75) is 13.2 Å². The molecule has 0 saturated carbocycles. The zero-order valence-corrected chi connectivity index (χ0v) is 23.3. The van der Waals surface area contributed by atoms with Crippen molar-refractivity contribution < 1.29 is 33.0 Å². The van der Waals surface area contributed by atoms with Gasteiger partial charge in [0.05, 0.1) is 25.7 Å². The maximum absolute atomic E-state index is 13.0. The van der Waals surface area contributed by atoms with Crippen LogP contribution in [0.2, 0.25) is 10.0 Å². The van der Waals surface area contributed by atoms with Gasteiger partial charge in [0.1, 0.15) is 12.4 Å². The van der Waals surface area contributed by atoms with Crippen molar-refractivity contribution in [2.75, 3.05) is 14.2 Å². The van der Waals surface area contributed by atoms with Gasteiger partial charge in [0.15, 0.2) is 11.5 Å². The summed E-state index contributed by atoms with van der Waals surface area (Å²) in [5.74, 6) is -0.0160. The molecule has 0 N–H and O–H groups in total. The molecule has 4 rings (SSSR count). The quantitative estimate of drug-likeness (QED) is 0.196. The van der Waals surface area contributed by atoms with Gasteiger partial charge in [-0.3, -0.25) is 14.5 Å². The molecule has 1 saturated heterocycles. The molecule has 0 atom stereocenters. The van der Waals surface area contributed by atoms with Crippen LogP contribution in [0.25, 0.3) is 6.08 Å². The standard InChI is InChI=1S/C25H18BrCl2NO7S/c1-33-20-7-14(17(26)10-21(20)35-12-13-3-4-15(27)9-18(13)28)8-22-23(30)29(25(32)37-22)11-16-5-6-19(36-16)24(31)34-2/h3-10H,11-12H2,1-2H3/b22-8+. The highest BCUT2D eigenvalue weighted by Crippen LogP contribution is 2.39. The van der Waals surface area contributed by atoms with E-state index < -0.39 is 17.1 Å². The Hall–Kier alpha value is -2.92. The highest BCUT2D eigenvalue weighted by atomic mass is 79.9. The number of hydrogen-bond donors (Lipinski definition) is 0. The molecule has 0 radical (unpaired) electrons. The van der Waals surface area contributed by atoms with Gasteiger partial charge in [-0.2, -0.15) is 0 Å². The summed E-state index contributed by atoms with van der Waals surface area (Å²) in [4.78, 5) is 38.3. The van der Waals surface area contributed by atoms with E-state index in [0.717, 1.165) is 22.2 Å². The number of esters is 1. The van der Waals surface area contributed by atoms with Gasteiger partial charge in [0, 0.05) is 20.1 Å². The Morgan fingerprint density at radius 1 is 1.11 bits per heavy atom. The Kier molecular flexibility index (Phi) is 8.53. The average molecular weight is 627 g/mol. The molecule has 37 heavy (non-hydrogen) atoms. The van der Waals surface area contributed by atoms with Crippen LogP contribution in [0.15, 0.2) is 56.3 Å². The highest BCUT2D eigenvalue weighted by Gasteiger charge is 2.36. The monoisotopic (exact) mass is 625 g/mol. The Morgan fingerprint density at radius 3 is 2.59 bits per heavy atom. The fourth-order valence-corrected chi connectivity index (χ4v) is 5.06. The lowest BCUT2D eigenvalue weighted by atomic mass is 10.1. The van der Waals surface area contributed by atoms with E-state index in [9.17, 15) is 14.4 Å². The predicted molar refractivity (Wildman–Crippen MR) is 143 cm³/mol. The molecule has 0 bridgehead atoms. The highest BCUT2D eigenvalue weighted by molar-refractivity contribution is 9.10. The van der Waals surface area contributed by atoms with E-state index in [1.807, 2.05) is 0 Å². The molecular weight excluding hydrogens is 609 g/mol. The van der Waals surface area contributed by atoms with Crippen molar-refractivity contribution in [3.63, 3.8) is 0 Å². The van der Waals surface area contributed by atoms with Gasteiger partial charge in [-0.1, -0.05) is 45.2 Å². The molecule has 12 heteroatoms. The topological polar surface area (TPSA) is 95.3 Å². The number of imide groups is 1. The van der Waals surface area contributed by atoms with E-state index >= 15 is 0 Å². The molecule has 0 spiro atoms. The minimum atomic E-state index is -0.650. The molecule has 2 amide bonds. The minimum absolute atomic E-state index is 0.0170. The number of halogens is 3. The molecule has 192 valence electrons. The second kappa shape index (κ2) is 11.6. The normalized spacial score (nSPS) is 14.4. The molecule has 0 aliphatic carbocycles. The number of carbonyl (C=O) groups excluding carboxylic acids is 3. The largest absolute Gasteiger partial charge is 0.493 e. The number of amides is 2. The minimum Gasteiger partial charge on any atom is -0.493 e. The number of hydrogen-bond acceptors (Lipinski definition) is 8. The Bertz CT molecular complexity index is 1420. The van der Waals surface area contributed by atoms with Crippen LogP contribution in [-0.2, 0) is 22.7 Å². The van der Waals surface area contributed by atoms with Crippen LogP contribution >= 0.6 is 50.9 Å². The Balaban J connectivity index is 1.51. The lowest BCUT2D eigenvalue weighted by molar-refractivity contribution is -0.123. The van der Waals surface area contributed by atoms with Crippen LogP contribution in [0.4, 0.5) is 4.79 Å². The van der Waals surface area contributed by atoms with Crippen LogP contribution in [-0.4, -0.2) is 36.2 Å². The summed E-state index contributed by atoms with van der Waals surface area (Å²) in [6.45, 7) is 0.0606. The van der Waals surface area contributed by atoms with Gasteiger partial charge in [-0.05, 0) is 59.8 Å². The summed E-state index contributed by atoms with van der Waals surface area (Å²) in [7, 11) is 2.72. The van der Waals surface area contributed by atoms with Gasteiger partial charge in [0.2, 0.25) is 5.76 Å². The van der Waals surface area contributed by atoms with Crippen molar-refractivity contribution in [3.05, 3.63) is 84.5 Å². The van der Waals surface area contributed by atoms with E-state index in [-0.39, 0.29) is 29.6 Å². The third kappa shape index (κ3) is 6.15. The van der Waals surface area contributed by atoms with Crippen molar-refractivity contribution in [3.8, 4) is 11.5 Å². The third-order valence-electron chi connectivity index (χ3n) is 5.20. The Morgan fingerprint density at radius 2 is 1.89 bits per heavy atom. The van der Waals surface area contributed by atoms with E-state index in [1.54, 1.807) is 36.4 Å². The fraction of sp³-hybridized carbons (Fsp3) is 0.160. The maximum Gasteiger partial charge on any atom is 0.373 e. The first-order valence-electron chi connectivity index (χ1n) is 10.6. The van der Waals surface area contributed by atoms with E-state index in [1.165, 1.54) is 26.4 Å². The van der Waals surface area contributed by atoms with Gasteiger partial charge >= 0.3 is 5.97 Å². The predicted octanol–water partition coefficient (Wildman–Crippen LogP) is 6.96. The second-order valence-corrected chi connectivity index (χ2v) is 10.3. The smallest absolute Gasteiger partial charge is 0.373 e. The van der Waals surface area contributed by atoms with Crippen LogP contribution in [0.1, 0.15) is 27.4 Å². The number of ether oxygens (including phenoxy) is 3. The summed E-state index contributed by atoms with van der Waals surface area (Å²) >= 11 is 16.5. The molecule has 1 aliphatic rings. The van der Waals surface area contributed by atoms with Crippen molar-refractivity contribution in [2.24, 2.45) is 0 Å². The van der Waals surface area contributed by atoms with Gasteiger partial charge in [-0.15, -0.1) is 0 Å². The first-order chi connectivity index (χ1) is 17.7.